The molecule has 0 saturated carbocycles. The summed E-state index contributed by atoms with van der Waals surface area (Å²) in [6.45, 7) is 4.71. The van der Waals surface area contributed by atoms with Crippen LogP contribution in [0.3, 0.4) is 0 Å². The minimum Gasteiger partial charge on any atom is -0.504 e. The number of hydrogen-bond donors (Lipinski definition) is 1. The monoisotopic (exact) mass is 381 g/mol. The molecule has 1 heterocycles. The van der Waals surface area contributed by atoms with Crippen LogP contribution in [0.2, 0.25) is 0 Å². The highest BCUT2D eigenvalue weighted by molar-refractivity contribution is 5.98. The second kappa shape index (κ2) is 9.08. The molecule has 0 bridgehead atoms. The predicted octanol–water partition coefficient (Wildman–Crippen LogP) is 4.66. The van der Waals surface area contributed by atoms with Gasteiger partial charge in [0.15, 0.2) is 17.3 Å². The fourth-order valence-electron chi connectivity index (χ4n) is 2.84. The molecule has 3 rings (SSSR count). The summed E-state index contributed by atoms with van der Waals surface area (Å²) in [7, 11) is 0. The van der Waals surface area contributed by atoms with Crippen LogP contribution < -0.4 is 9.47 Å². The molecule has 3 aromatic rings. The van der Waals surface area contributed by atoms with Gasteiger partial charge in [0.2, 0.25) is 5.89 Å². The van der Waals surface area contributed by atoms with Gasteiger partial charge in [-0.05, 0) is 44.2 Å². The molecular weight excluding hydrogens is 358 g/mol. The van der Waals surface area contributed by atoms with Crippen molar-refractivity contribution >= 4 is 5.78 Å². The van der Waals surface area contributed by atoms with Crippen LogP contribution in [0.15, 0.2) is 53.1 Å². The van der Waals surface area contributed by atoms with Crippen LogP contribution in [-0.2, 0) is 6.42 Å². The van der Waals surface area contributed by atoms with E-state index in [9.17, 15) is 9.90 Å². The number of aromatic hydroxyl groups is 1. The molecule has 0 fully saturated rings. The Hall–Kier alpha value is -3.28. The first-order valence-corrected chi connectivity index (χ1v) is 9.28. The predicted molar refractivity (Wildman–Crippen MR) is 105 cm³/mol. The quantitative estimate of drug-likeness (QED) is 0.543. The van der Waals surface area contributed by atoms with Crippen molar-refractivity contribution in [2.75, 3.05) is 13.2 Å². The number of ether oxygens (including phenoxy) is 2. The van der Waals surface area contributed by atoms with Crippen molar-refractivity contribution < 1.29 is 23.8 Å². The summed E-state index contributed by atoms with van der Waals surface area (Å²) in [4.78, 5) is 17.0. The Morgan fingerprint density at radius 2 is 1.82 bits per heavy atom. The van der Waals surface area contributed by atoms with Crippen LogP contribution in [0, 0.1) is 0 Å². The first kappa shape index (κ1) is 19.5. The summed E-state index contributed by atoms with van der Waals surface area (Å²) in [6.07, 6.45) is 2.28. The molecule has 0 aliphatic heterocycles. The molecule has 0 atom stereocenters. The number of rotatable bonds is 9. The average molecular weight is 381 g/mol. The molecule has 0 amide bonds. The van der Waals surface area contributed by atoms with E-state index in [-0.39, 0.29) is 11.5 Å². The number of nitrogens with zero attached hydrogens (tertiary/aromatic N) is 1. The number of para-hydroxylation sites is 1. The highest BCUT2D eigenvalue weighted by Gasteiger charge is 2.14. The number of carbonyl (C=O) groups excluding carboxylic acids is 1. The van der Waals surface area contributed by atoms with E-state index in [1.165, 1.54) is 6.26 Å². The molecule has 0 aliphatic rings. The van der Waals surface area contributed by atoms with Crippen molar-refractivity contribution in [2.45, 2.75) is 26.7 Å². The lowest BCUT2D eigenvalue weighted by Gasteiger charge is -2.08. The number of Topliss-reactive ketones (excluding diaryl/α,β-unsaturated/α-hetero) is 1. The van der Waals surface area contributed by atoms with Gasteiger partial charge < -0.3 is 19.0 Å². The molecule has 0 saturated heterocycles. The topological polar surface area (TPSA) is 81.8 Å². The zero-order valence-corrected chi connectivity index (χ0v) is 16.0. The van der Waals surface area contributed by atoms with Gasteiger partial charge in [0, 0.05) is 18.4 Å². The normalized spacial score (nSPS) is 10.6. The lowest BCUT2D eigenvalue weighted by molar-refractivity contribution is 0.0979. The smallest absolute Gasteiger partial charge is 0.226 e. The van der Waals surface area contributed by atoms with E-state index < -0.39 is 0 Å². The van der Waals surface area contributed by atoms with E-state index in [2.05, 4.69) is 4.98 Å². The molecule has 6 nitrogen and oxygen atoms in total. The molecule has 1 aromatic heterocycles. The Morgan fingerprint density at radius 3 is 2.57 bits per heavy atom. The van der Waals surface area contributed by atoms with Crippen molar-refractivity contribution in [3.8, 4) is 28.7 Å². The van der Waals surface area contributed by atoms with E-state index in [0.29, 0.717) is 60.3 Å². The first-order valence-electron chi connectivity index (χ1n) is 9.28. The van der Waals surface area contributed by atoms with Crippen molar-refractivity contribution in [2.24, 2.45) is 0 Å². The van der Waals surface area contributed by atoms with Gasteiger partial charge >= 0.3 is 0 Å². The Balaban J connectivity index is 1.67. The molecule has 0 aliphatic carbocycles. The van der Waals surface area contributed by atoms with Gasteiger partial charge in [-0.3, -0.25) is 4.79 Å². The Morgan fingerprint density at radius 1 is 1.07 bits per heavy atom. The molecule has 0 radical (unpaired) electrons. The Labute approximate surface area is 163 Å². The van der Waals surface area contributed by atoms with Crippen LogP contribution >= 0.6 is 0 Å². The average Bonchev–Trinajstić information content (AvgIpc) is 3.17. The molecular formula is C22H23NO5. The molecule has 6 heteroatoms. The standard InChI is InChI=1S/C22H23NO5/c1-3-26-20-8-6-5-7-17(20)18(24)11-10-16-14-28-22(23-16)15-9-12-21(27-4-2)19(25)13-15/h5-9,12-14,25H,3-4,10-11H2,1-2H3. The van der Waals surface area contributed by atoms with Crippen molar-refractivity contribution in [3.63, 3.8) is 0 Å². The third-order valence-corrected chi connectivity index (χ3v) is 4.15. The van der Waals surface area contributed by atoms with Gasteiger partial charge in [0.25, 0.3) is 0 Å². The van der Waals surface area contributed by atoms with E-state index >= 15 is 0 Å². The van der Waals surface area contributed by atoms with Crippen molar-refractivity contribution in [1.29, 1.82) is 0 Å². The highest BCUT2D eigenvalue weighted by atomic mass is 16.5. The minimum atomic E-state index is -0.00712. The molecule has 0 unspecified atom stereocenters. The van der Waals surface area contributed by atoms with Gasteiger partial charge in [0.05, 0.1) is 24.5 Å². The molecule has 1 N–H and O–H groups in total. The number of oxazole rings is 1. The van der Waals surface area contributed by atoms with Crippen LogP contribution in [0.1, 0.15) is 36.3 Å². The maximum Gasteiger partial charge on any atom is 0.226 e. The largest absolute Gasteiger partial charge is 0.504 e. The number of carbonyl (C=O) groups is 1. The minimum absolute atomic E-state index is 0.00712. The summed E-state index contributed by atoms with van der Waals surface area (Å²) >= 11 is 0. The fraction of sp³-hybridized carbons (Fsp3) is 0.273. The van der Waals surface area contributed by atoms with Gasteiger partial charge in [-0.2, -0.15) is 0 Å². The second-order valence-corrected chi connectivity index (χ2v) is 6.11. The lowest BCUT2D eigenvalue weighted by Crippen LogP contribution is -2.05. The van der Waals surface area contributed by atoms with E-state index in [1.54, 1.807) is 30.3 Å². The summed E-state index contributed by atoms with van der Waals surface area (Å²) in [6, 6.07) is 12.2. The van der Waals surface area contributed by atoms with E-state index in [4.69, 9.17) is 13.9 Å². The number of benzene rings is 2. The second-order valence-electron chi connectivity index (χ2n) is 6.11. The van der Waals surface area contributed by atoms with Crippen molar-refractivity contribution in [3.05, 3.63) is 60.0 Å². The summed E-state index contributed by atoms with van der Waals surface area (Å²) in [5.74, 6) is 1.42. The summed E-state index contributed by atoms with van der Waals surface area (Å²) < 4.78 is 16.3. The SMILES string of the molecule is CCOc1ccc(-c2nc(CCC(=O)c3ccccc3OCC)co2)cc1O. The molecule has 146 valence electrons. The van der Waals surface area contributed by atoms with Gasteiger partial charge in [0.1, 0.15) is 12.0 Å². The maximum atomic E-state index is 12.5. The zero-order chi connectivity index (χ0) is 19.9. The number of hydrogen-bond acceptors (Lipinski definition) is 6. The molecule has 0 spiro atoms. The number of phenols is 1. The Bertz CT molecular complexity index is 948. The van der Waals surface area contributed by atoms with Crippen molar-refractivity contribution in [1.82, 2.24) is 4.98 Å². The summed E-state index contributed by atoms with van der Waals surface area (Å²) in [5.41, 5.74) is 1.88. The Kier molecular flexibility index (Phi) is 6.32. The van der Waals surface area contributed by atoms with Crippen LogP contribution in [0.4, 0.5) is 0 Å². The van der Waals surface area contributed by atoms with Crippen LogP contribution in [0.25, 0.3) is 11.5 Å². The third kappa shape index (κ3) is 4.52. The molecule has 28 heavy (non-hydrogen) atoms. The van der Waals surface area contributed by atoms with Crippen LogP contribution in [-0.4, -0.2) is 29.1 Å². The zero-order valence-electron chi connectivity index (χ0n) is 16.0. The number of aromatic nitrogens is 1. The van der Waals surface area contributed by atoms with E-state index in [1.807, 2.05) is 26.0 Å². The van der Waals surface area contributed by atoms with Crippen LogP contribution in [0.5, 0.6) is 17.2 Å². The first-order chi connectivity index (χ1) is 13.6. The number of ketones is 1. The fourth-order valence-corrected chi connectivity index (χ4v) is 2.84. The maximum absolute atomic E-state index is 12.5. The van der Waals surface area contributed by atoms with Gasteiger partial charge in [-0.1, -0.05) is 12.1 Å². The molecule has 2 aromatic carbocycles. The summed E-state index contributed by atoms with van der Waals surface area (Å²) in [5, 5.41) is 10.0. The highest BCUT2D eigenvalue weighted by Crippen LogP contribution is 2.31. The lowest BCUT2D eigenvalue weighted by atomic mass is 10.0. The third-order valence-electron chi connectivity index (χ3n) is 4.15. The van der Waals surface area contributed by atoms with Gasteiger partial charge in [-0.15, -0.1) is 0 Å². The number of aryl methyl sites for hydroxylation is 1. The number of phenolic OH excluding ortho intramolecular Hbond substituents is 1. The van der Waals surface area contributed by atoms with Gasteiger partial charge in [-0.25, -0.2) is 4.98 Å². The van der Waals surface area contributed by atoms with E-state index in [0.717, 1.165) is 0 Å².